The highest BCUT2D eigenvalue weighted by Crippen LogP contribution is 2.19. The molecule has 0 aromatic heterocycles. The zero-order valence-electron chi connectivity index (χ0n) is 11.5. The first-order valence-electron chi connectivity index (χ1n) is 6.36. The molecular weight excluding hydrogens is 274 g/mol. The summed E-state index contributed by atoms with van der Waals surface area (Å²) in [7, 11) is 0. The SMILES string of the molecule is Cc1cc(F)ccc1COc1cc(F)cc(C#CCO)c1. The Hall–Kier alpha value is -2.38. The van der Waals surface area contributed by atoms with E-state index in [2.05, 4.69) is 11.8 Å². The summed E-state index contributed by atoms with van der Waals surface area (Å²) in [4.78, 5) is 0. The Morgan fingerprint density at radius 3 is 2.62 bits per heavy atom. The zero-order valence-corrected chi connectivity index (χ0v) is 11.5. The van der Waals surface area contributed by atoms with E-state index in [0.29, 0.717) is 11.3 Å². The maximum absolute atomic E-state index is 13.5. The Kier molecular flexibility index (Phi) is 4.91. The minimum atomic E-state index is -0.467. The number of aliphatic hydroxyl groups is 1. The molecule has 0 spiro atoms. The minimum absolute atomic E-state index is 0.211. The van der Waals surface area contributed by atoms with Gasteiger partial charge in [-0.2, -0.15) is 0 Å². The Morgan fingerprint density at radius 1 is 1.10 bits per heavy atom. The van der Waals surface area contributed by atoms with Gasteiger partial charge in [-0.15, -0.1) is 0 Å². The Bertz CT molecular complexity index is 700. The van der Waals surface area contributed by atoms with Gasteiger partial charge in [0.1, 0.15) is 30.6 Å². The van der Waals surface area contributed by atoms with E-state index in [0.717, 1.165) is 11.1 Å². The molecule has 0 saturated heterocycles. The third-order valence-corrected chi connectivity index (χ3v) is 2.88. The third kappa shape index (κ3) is 4.30. The van der Waals surface area contributed by atoms with Crippen molar-refractivity contribution in [3.63, 3.8) is 0 Å². The van der Waals surface area contributed by atoms with Crippen molar-refractivity contribution >= 4 is 0 Å². The molecule has 21 heavy (non-hydrogen) atoms. The van der Waals surface area contributed by atoms with Crippen LogP contribution in [0.3, 0.4) is 0 Å². The lowest BCUT2D eigenvalue weighted by atomic mass is 10.1. The molecule has 0 aliphatic heterocycles. The first-order valence-corrected chi connectivity index (χ1v) is 6.36. The maximum Gasteiger partial charge on any atom is 0.128 e. The van der Waals surface area contributed by atoms with Crippen molar-refractivity contribution in [3.05, 3.63) is 64.7 Å². The van der Waals surface area contributed by atoms with Crippen LogP contribution in [0.25, 0.3) is 0 Å². The fraction of sp³-hybridized carbons (Fsp3) is 0.176. The molecule has 0 fully saturated rings. The second-order valence-corrected chi connectivity index (χ2v) is 4.49. The fourth-order valence-electron chi connectivity index (χ4n) is 1.84. The summed E-state index contributed by atoms with van der Waals surface area (Å²) in [6.07, 6.45) is 0. The second kappa shape index (κ2) is 6.87. The molecule has 0 aliphatic rings. The highest BCUT2D eigenvalue weighted by atomic mass is 19.1. The van der Waals surface area contributed by atoms with Crippen LogP contribution < -0.4 is 4.74 Å². The third-order valence-electron chi connectivity index (χ3n) is 2.88. The summed E-state index contributed by atoms with van der Waals surface area (Å²) in [6.45, 7) is 1.70. The Morgan fingerprint density at radius 2 is 1.90 bits per heavy atom. The minimum Gasteiger partial charge on any atom is -0.489 e. The van der Waals surface area contributed by atoms with Crippen LogP contribution in [0.1, 0.15) is 16.7 Å². The first-order chi connectivity index (χ1) is 10.1. The average Bonchev–Trinajstić information content (AvgIpc) is 2.43. The number of benzene rings is 2. The molecule has 4 heteroatoms. The Labute approximate surface area is 122 Å². The predicted octanol–water partition coefficient (Wildman–Crippen LogP) is 3.20. The van der Waals surface area contributed by atoms with E-state index in [1.165, 1.54) is 24.3 Å². The fourth-order valence-corrected chi connectivity index (χ4v) is 1.84. The van der Waals surface area contributed by atoms with Crippen LogP contribution in [-0.2, 0) is 6.61 Å². The van der Waals surface area contributed by atoms with E-state index in [-0.39, 0.29) is 19.0 Å². The van der Waals surface area contributed by atoms with Gasteiger partial charge in [-0.25, -0.2) is 8.78 Å². The average molecular weight is 288 g/mol. The molecule has 0 radical (unpaired) electrons. The van der Waals surface area contributed by atoms with Crippen molar-refractivity contribution in [1.29, 1.82) is 0 Å². The van der Waals surface area contributed by atoms with Crippen LogP contribution in [0.2, 0.25) is 0 Å². The second-order valence-electron chi connectivity index (χ2n) is 4.49. The van der Waals surface area contributed by atoms with Gasteiger partial charge in [0.05, 0.1) is 0 Å². The van der Waals surface area contributed by atoms with Crippen LogP contribution in [0, 0.1) is 30.4 Å². The highest BCUT2D eigenvalue weighted by molar-refractivity contribution is 5.40. The van der Waals surface area contributed by atoms with Crippen molar-refractivity contribution < 1.29 is 18.6 Å². The van der Waals surface area contributed by atoms with E-state index < -0.39 is 5.82 Å². The number of aryl methyl sites for hydroxylation is 1. The quantitative estimate of drug-likeness (QED) is 0.879. The van der Waals surface area contributed by atoms with Crippen molar-refractivity contribution in [1.82, 2.24) is 0 Å². The van der Waals surface area contributed by atoms with Gasteiger partial charge < -0.3 is 9.84 Å². The molecule has 0 aliphatic carbocycles. The lowest BCUT2D eigenvalue weighted by Gasteiger charge is -2.09. The smallest absolute Gasteiger partial charge is 0.128 e. The van der Waals surface area contributed by atoms with E-state index in [1.807, 2.05) is 0 Å². The molecule has 0 amide bonds. The van der Waals surface area contributed by atoms with Gasteiger partial charge in [-0.1, -0.05) is 17.9 Å². The molecule has 2 aromatic rings. The molecule has 2 nitrogen and oxygen atoms in total. The maximum atomic E-state index is 13.5. The molecule has 0 heterocycles. The van der Waals surface area contributed by atoms with E-state index in [1.54, 1.807) is 19.1 Å². The number of rotatable bonds is 3. The van der Waals surface area contributed by atoms with Crippen molar-refractivity contribution in [2.45, 2.75) is 13.5 Å². The molecule has 2 aromatic carbocycles. The molecule has 0 atom stereocenters. The van der Waals surface area contributed by atoms with Crippen molar-refractivity contribution in [2.75, 3.05) is 6.61 Å². The first kappa shape index (κ1) is 15.0. The standard InChI is InChI=1S/C17H14F2O2/c1-12-7-15(18)5-4-14(12)11-21-17-9-13(3-2-6-20)8-16(19)10-17/h4-5,7-10,20H,6,11H2,1H3. The summed E-state index contributed by atoms with van der Waals surface area (Å²) >= 11 is 0. The lowest BCUT2D eigenvalue weighted by molar-refractivity contribution is 0.303. The number of ether oxygens (including phenoxy) is 1. The largest absolute Gasteiger partial charge is 0.489 e. The highest BCUT2D eigenvalue weighted by Gasteiger charge is 2.04. The normalized spacial score (nSPS) is 9.90. The van der Waals surface area contributed by atoms with Crippen molar-refractivity contribution in [3.8, 4) is 17.6 Å². The summed E-state index contributed by atoms with van der Waals surface area (Å²) in [5.74, 6) is 4.64. The molecular formula is C17H14F2O2. The monoisotopic (exact) mass is 288 g/mol. The number of aliphatic hydroxyl groups excluding tert-OH is 1. The lowest BCUT2D eigenvalue weighted by Crippen LogP contribution is -1.99. The summed E-state index contributed by atoms with van der Waals surface area (Å²) < 4.78 is 32.0. The molecule has 0 saturated carbocycles. The Balaban J connectivity index is 2.14. The molecule has 0 bridgehead atoms. The van der Waals surface area contributed by atoms with E-state index in [4.69, 9.17) is 9.84 Å². The zero-order chi connectivity index (χ0) is 15.2. The van der Waals surface area contributed by atoms with Gasteiger partial charge in [0.15, 0.2) is 0 Å². The molecule has 0 unspecified atom stereocenters. The van der Waals surface area contributed by atoms with Gasteiger partial charge in [0.25, 0.3) is 0 Å². The molecule has 2 rings (SSSR count). The van der Waals surface area contributed by atoms with Crippen LogP contribution >= 0.6 is 0 Å². The summed E-state index contributed by atoms with van der Waals surface area (Å²) in [5, 5.41) is 8.64. The number of halogens is 2. The topological polar surface area (TPSA) is 29.5 Å². The van der Waals surface area contributed by atoms with Gasteiger partial charge in [0.2, 0.25) is 0 Å². The van der Waals surface area contributed by atoms with Crippen LogP contribution in [-0.4, -0.2) is 11.7 Å². The van der Waals surface area contributed by atoms with Crippen LogP contribution in [0.15, 0.2) is 36.4 Å². The van der Waals surface area contributed by atoms with Crippen molar-refractivity contribution in [2.24, 2.45) is 0 Å². The van der Waals surface area contributed by atoms with Gasteiger partial charge in [-0.05, 0) is 42.3 Å². The van der Waals surface area contributed by atoms with Gasteiger partial charge >= 0.3 is 0 Å². The predicted molar refractivity (Wildman–Crippen MR) is 75.8 cm³/mol. The summed E-state index contributed by atoms with van der Waals surface area (Å²) in [6, 6.07) is 8.51. The number of hydrogen-bond acceptors (Lipinski definition) is 2. The summed E-state index contributed by atoms with van der Waals surface area (Å²) in [5.41, 5.74) is 2.02. The van der Waals surface area contributed by atoms with Crippen LogP contribution in [0.4, 0.5) is 8.78 Å². The van der Waals surface area contributed by atoms with E-state index >= 15 is 0 Å². The van der Waals surface area contributed by atoms with Gasteiger partial charge in [0, 0.05) is 11.6 Å². The van der Waals surface area contributed by atoms with Gasteiger partial charge in [-0.3, -0.25) is 0 Å². The number of hydrogen-bond donors (Lipinski definition) is 1. The molecule has 108 valence electrons. The van der Waals surface area contributed by atoms with Crippen LogP contribution in [0.5, 0.6) is 5.75 Å². The molecule has 1 N–H and O–H groups in total. The van der Waals surface area contributed by atoms with E-state index in [9.17, 15) is 8.78 Å².